The molecule has 0 spiro atoms. The van der Waals surface area contributed by atoms with Gasteiger partial charge in [0.15, 0.2) is 0 Å². The number of halogens is 3. The van der Waals surface area contributed by atoms with Crippen molar-refractivity contribution in [3.8, 4) is 28.3 Å². The number of aliphatic carboxylic acids is 1. The van der Waals surface area contributed by atoms with E-state index in [4.69, 9.17) is 20.8 Å². The summed E-state index contributed by atoms with van der Waals surface area (Å²) in [5.74, 6) is -2.03. The van der Waals surface area contributed by atoms with Gasteiger partial charge in [0.1, 0.15) is 11.8 Å². The number of aromatic nitrogens is 3. The molecule has 30 heavy (non-hydrogen) atoms. The lowest BCUT2D eigenvalue weighted by molar-refractivity contribution is -0.141. The molecule has 1 aromatic carbocycles. The smallest absolute Gasteiger partial charge is 0.326 e. The Hall–Kier alpha value is -3.27. The molecular weight excluding hydrogens is 424 g/mol. The number of alkyl halides is 2. The number of hydrogen-bond donors (Lipinski definition) is 1. The van der Waals surface area contributed by atoms with Gasteiger partial charge >= 0.3 is 12.4 Å². The van der Waals surface area contributed by atoms with Gasteiger partial charge in [-0.15, -0.1) is 10.2 Å². The second-order valence-electron chi connectivity index (χ2n) is 6.20. The van der Waals surface area contributed by atoms with E-state index in [1.165, 1.54) is 37.6 Å². The maximum Gasteiger partial charge on any atom is 0.326 e. The van der Waals surface area contributed by atoms with Crippen LogP contribution in [-0.2, 0) is 4.79 Å². The number of carboxylic acids is 1. The topological polar surface area (TPSA) is 107 Å². The molecule has 0 aliphatic carbocycles. The predicted octanol–water partition coefficient (Wildman–Crippen LogP) is 4.20. The normalized spacial score (nSPS) is 12.2. The minimum atomic E-state index is -2.94. The first-order valence-electron chi connectivity index (χ1n) is 8.71. The van der Waals surface area contributed by atoms with Gasteiger partial charge in [-0.05, 0) is 30.2 Å². The third kappa shape index (κ3) is 4.04. The van der Waals surface area contributed by atoms with E-state index in [2.05, 4.69) is 10.2 Å². The van der Waals surface area contributed by atoms with Crippen molar-refractivity contribution in [2.24, 2.45) is 0 Å². The standard InChI is InChI=1S/C19H16ClF2N3O5/c1-3-13(19(27)28)25-8-14(29-2)12(7-15(25)26)11-6-9(20)4-5-10(11)17-23-24-18(30-17)16(21)22/h4-8,13,16H,3H2,1-2H3,(H,27,28). The van der Waals surface area contributed by atoms with E-state index >= 15 is 0 Å². The zero-order chi connectivity index (χ0) is 22.0. The molecule has 0 saturated heterocycles. The summed E-state index contributed by atoms with van der Waals surface area (Å²) in [6.45, 7) is 1.64. The average molecular weight is 440 g/mol. The number of ether oxygens (including phenoxy) is 1. The van der Waals surface area contributed by atoms with Crippen molar-refractivity contribution in [2.75, 3.05) is 7.11 Å². The Kier molecular flexibility index (Phi) is 6.16. The van der Waals surface area contributed by atoms with Crippen LogP contribution in [0.3, 0.4) is 0 Å². The van der Waals surface area contributed by atoms with E-state index in [1.54, 1.807) is 6.92 Å². The van der Waals surface area contributed by atoms with E-state index in [9.17, 15) is 23.5 Å². The summed E-state index contributed by atoms with van der Waals surface area (Å²) >= 11 is 6.10. The van der Waals surface area contributed by atoms with Gasteiger partial charge in [-0.1, -0.05) is 18.5 Å². The lowest BCUT2D eigenvalue weighted by Crippen LogP contribution is -2.29. The Morgan fingerprint density at radius 1 is 1.27 bits per heavy atom. The minimum Gasteiger partial charge on any atom is -0.495 e. The summed E-state index contributed by atoms with van der Waals surface area (Å²) in [5, 5.41) is 16.6. The van der Waals surface area contributed by atoms with Crippen LogP contribution in [-0.4, -0.2) is 33.0 Å². The fourth-order valence-electron chi connectivity index (χ4n) is 2.99. The summed E-state index contributed by atoms with van der Waals surface area (Å²) in [7, 11) is 1.35. The van der Waals surface area contributed by atoms with Crippen LogP contribution < -0.4 is 10.3 Å². The maximum absolute atomic E-state index is 12.8. The molecule has 0 bridgehead atoms. The first-order valence-corrected chi connectivity index (χ1v) is 9.09. The molecule has 158 valence electrons. The van der Waals surface area contributed by atoms with Gasteiger partial charge < -0.3 is 14.3 Å². The van der Waals surface area contributed by atoms with Gasteiger partial charge in [-0.2, -0.15) is 8.78 Å². The zero-order valence-corrected chi connectivity index (χ0v) is 16.6. The van der Waals surface area contributed by atoms with Crippen LogP contribution in [0.1, 0.15) is 31.7 Å². The molecule has 0 saturated carbocycles. The second-order valence-corrected chi connectivity index (χ2v) is 6.64. The Morgan fingerprint density at radius 2 is 2.00 bits per heavy atom. The molecule has 0 aliphatic rings. The Bertz CT molecular complexity index is 1150. The van der Waals surface area contributed by atoms with Crippen LogP contribution in [0, 0.1) is 0 Å². The van der Waals surface area contributed by atoms with Gasteiger partial charge in [0.05, 0.1) is 13.3 Å². The minimum absolute atomic E-state index is 0.173. The monoisotopic (exact) mass is 439 g/mol. The molecule has 0 fully saturated rings. The summed E-state index contributed by atoms with van der Waals surface area (Å²) < 4.78 is 37.1. The van der Waals surface area contributed by atoms with Crippen LogP contribution in [0.2, 0.25) is 5.02 Å². The number of methoxy groups -OCH3 is 1. The van der Waals surface area contributed by atoms with Crippen molar-refractivity contribution in [1.82, 2.24) is 14.8 Å². The van der Waals surface area contributed by atoms with Crippen molar-refractivity contribution in [2.45, 2.75) is 25.8 Å². The molecule has 1 unspecified atom stereocenters. The molecule has 3 aromatic rings. The lowest BCUT2D eigenvalue weighted by atomic mass is 9.99. The first kappa shape index (κ1) is 21.4. The summed E-state index contributed by atoms with van der Waals surface area (Å²) in [6, 6.07) is 4.57. The van der Waals surface area contributed by atoms with E-state index in [-0.39, 0.29) is 29.2 Å². The number of hydrogen-bond acceptors (Lipinski definition) is 6. The Labute approximate surface area is 173 Å². The van der Waals surface area contributed by atoms with Crippen molar-refractivity contribution >= 4 is 17.6 Å². The SMILES string of the molecule is CCC(C(=O)O)n1cc(OC)c(-c2cc(Cl)ccc2-c2nnc(C(F)F)o2)cc1=O. The Morgan fingerprint density at radius 3 is 2.57 bits per heavy atom. The highest BCUT2D eigenvalue weighted by Gasteiger charge is 2.24. The number of rotatable bonds is 7. The van der Waals surface area contributed by atoms with Crippen LogP contribution in [0.4, 0.5) is 8.78 Å². The van der Waals surface area contributed by atoms with Crippen molar-refractivity contribution in [3.63, 3.8) is 0 Å². The number of benzene rings is 1. The molecule has 11 heteroatoms. The predicted molar refractivity (Wildman–Crippen MR) is 103 cm³/mol. The van der Waals surface area contributed by atoms with E-state index in [0.717, 1.165) is 4.57 Å². The van der Waals surface area contributed by atoms with Gasteiger partial charge in [-0.3, -0.25) is 9.36 Å². The molecule has 1 N–H and O–H groups in total. The third-order valence-electron chi connectivity index (χ3n) is 4.40. The molecule has 2 aromatic heterocycles. The van der Waals surface area contributed by atoms with Gasteiger partial charge in [0, 0.05) is 22.2 Å². The quantitative estimate of drug-likeness (QED) is 0.587. The maximum atomic E-state index is 12.8. The lowest BCUT2D eigenvalue weighted by Gasteiger charge is -2.18. The number of nitrogens with zero attached hydrogens (tertiary/aromatic N) is 3. The molecule has 0 aliphatic heterocycles. The highest BCUT2D eigenvalue weighted by atomic mass is 35.5. The molecule has 3 rings (SSSR count). The molecule has 8 nitrogen and oxygen atoms in total. The number of carboxylic acid groups (broad SMARTS) is 1. The molecule has 1 atom stereocenters. The van der Waals surface area contributed by atoms with E-state index in [1.807, 2.05) is 0 Å². The molecule has 0 amide bonds. The largest absolute Gasteiger partial charge is 0.495 e. The van der Waals surface area contributed by atoms with Crippen LogP contribution in [0.15, 0.2) is 39.7 Å². The summed E-state index contributed by atoms with van der Waals surface area (Å²) in [4.78, 5) is 24.1. The van der Waals surface area contributed by atoms with Gasteiger partial charge in [0.25, 0.3) is 11.4 Å². The highest BCUT2D eigenvalue weighted by Crippen LogP contribution is 2.38. The third-order valence-corrected chi connectivity index (χ3v) is 4.64. The first-order chi connectivity index (χ1) is 14.3. The van der Waals surface area contributed by atoms with Crippen molar-refractivity contribution in [1.29, 1.82) is 0 Å². The van der Waals surface area contributed by atoms with Crippen molar-refractivity contribution in [3.05, 3.63) is 51.7 Å². The number of carbonyl (C=O) groups is 1. The van der Waals surface area contributed by atoms with Crippen LogP contribution in [0.25, 0.3) is 22.6 Å². The van der Waals surface area contributed by atoms with Crippen molar-refractivity contribution < 1.29 is 27.8 Å². The Balaban J connectivity index is 2.22. The second kappa shape index (κ2) is 8.62. The molecule has 0 radical (unpaired) electrons. The van der Waals surface area contributed by atoms with Crippen LogP contribution in [0.5, 0.6) is 5.75 Å². The summed E-state index contributed by atoms with van der Waals surface area (Å²) in [5.41, 5.74) is 0.231. The van der Waals surface area contributed by atoms with Crippen LogP contribution >= 0.6 is 11.6 Å². The highest BCUT2D eigenvalue weighted by molar-refractivity contribution is 6.31. The van der Waals surface area contributed by atoms with Gasteiger partial charge in [0.2, 0.25) is 5.89 Å². The average Bonchev–Trinajstić information content (AvgIpc) is 3.19. The van der Waals surface area contributed by atoms with E-state index < -0.39 is 29.9 Å². The summed E-state index contributed by atoms with van der Waals surface area (Å²) in [6.07, 6.45) is -1.48. The zero-order valence-electron chi connectivity index (χ0n) is 15.8. The fourth-order valence-corrected chi connectivity index (χ4v) is 3.17. The van der Waals surface area contributed by atoms with Gasteiger partial charge in [-0.25, -0.2) is 4.79 Å². The molecular formula is C19H16ClF2N3O5. The molecule has 2 heterocycles. The van der Waals surface area contributed by atoms with E-state index in [0.29, 0.717) is 10.6 Å². The fraction of sp³-hybridized carbons (Fsp3) is 0.263. The number of pyridine rings is 1.